The van der Waals surface area contributed by atoms with Gasteiger partial charge >= 0.3 is 0 Å². The van der Waals surface area contributed by atoms with E-state index in [1.165, 1.54) is 31.2 Å². The van der Waals surface area contributed by atoms with Gasteiger partial charge in [-0.15, -0.1) is 0 Å². The first-order valence-corrected chi connectivity index (χ1v) is 7.38. The van der Waals surface area contributed by atoms with E-state index in [-0.39, 0.29) is 0 Å². The number of fused-ring (bicyclic) bond motifs is 1. The molecule has 2 fully saturated rings. The molecule has 104 valence electrons. The normalized spacial score (nSPS) is 28.1. The lowest BCUT2D eigenvalue weighted by molar-refractivity contribution is -0.0912. The van der Waals surface area contributed by atoms with Gasteiger partial charge in [-0.25, -0.2) is 0 Å². The third-order valence-electron chi connectivity index (χ3n) is 4.46. The van der Waals surface area contributed by atoms with Gasteiger partial charge in [0.1, 0.15) is 5.75 Å². The fourth-order valence-electron chi connectivity index (χ4n) is 3.43. The molecule has 1 saturated carbocycles. The quantitative estimate of drug-likeness (QED) is 0.888. The van der Waals surface area contributed by atoms with Gasteiger partial charge < -0.3 is 9.84 Å². The maximum Gasteiger partial charge on any atom is 0.120 e. The summed E-state index contributed by atoms with van der Waals surface area (Å²) in [6.07, 6.45) is 5.44. The van der Waals surface area contributed by atoms with Crippen LogP contribution in [0.2, 0.25) is 0 Å². The molecule has 1 N–H and O–H groups in total. The predicted octanol–water partition coefficient (Wildman–Crippen LogP) is 2.84. The van der Waals surface area contributed by atoms with Gasteiger partial charge in [0.25, 0.3) is 0 Å². The Morgan fingerprint density at radius 1 is 1.32 bits per heavy atom. The van der Waals surface area contributed by atoms with E-state index < -0.39 is 0 Å². The third kappa shape index (κ3) is 2.77. The zero-order valence-electron chi connectivity index (χ0n) is 11.6. The lowest BCUT2D eigenvalue weighted by Crippen LogP contribution is -2.52. The molecule has 1 heterocycles. The summed E-state index contributed by atoms with van der Waals surface area (Å²) in [5.41, 5.74) is 2.26. The molecular formula is C16H23NO2. The van der Waals surface area contributed by atoms with Crippen LogP contribution in [0.4, 0.5) is 0 Å². The summed E-state index contributed by atoms with van der Waals surface area (Å²) in [6, 6.07) is 6.41. The van der Waals surface area contributed by atoms with Crippen LogP contribution in [0.15, 0.2) is 18.2 Å². The van der Waals surface area contributed by atoms with Crippen molar-refractivity contribution in [2.45, 2.75) is 51.3 Å². The number of ether oxygens (including phenoxy) is 1. The molecule has 2 aliphatic rings. The molecule has 3 heteroatoms. The van der Waals surface area contributed by atoms with Crippen LogP contribution in [0.3, 0.4) is 0 Å². The van der Waals surface area contributed by atoms with Crippen molar-refractivity contribution in [1.29, 1.82) is 0 Å². The first kappa shape index (κ1) is 12.9. The van der Waals surface area contributed by atoms with Crippen LogP contribution in [0.25, 0.3) is 0 Å². The van der Waals surface area contributed by atoms with Gasteiger partial charge in [0, 0.05) is 24.7 Å². The second kappa shape index (κ2) is 5.51. The van der Waals surface area contributed by atoms with Crippen molar-refractivity contribution in [3.05, 3.63) is 29.3 Å². The molecule has 0 bridgehead atoms. The van der Waals surface area contributed by atoms with Gasteiger partial charge in [-0.2, -0.15) is 0 Å². The van der Waals surface area contributed by atoms with Gasteiger partial charge in [0.05, 0.1) is 12.7 Å². The second-order valence-corrected chi connectivity index (χ2v) is 5.86. The van der Waals surface area contributed by atoms with E-state index in [0.29, 0.717) is 17.9 Å². The minimum atomic E-state index is 0.412. The summed E-state index contributed by atoms with van der Waals surface area (Å²) in [7, 11) is 0. The highest BCUT2D eigenvalue weighted by molar-refractivity contribution is 5.35. The summed E-state index contributed by atoms with van der Waals surface area (Å²) >= 11 is 0. The van der Waals surface area contributed by atoms with Crippen molar-refractivity contribution in [2.24, 2.45) is 0 Å². The Morgan fingerprint density at radius 2 is 2.16 bits per heavy atom. The molecule has 2 atom stereocenters. The van der Waals surface area contributed by atoms with Gasteiger partial charge in [-0.1, -0.05) is 30.5 Å². The van der Waals surface area contributed by atoms with Crippen molar-refractivity contribution in [1.82, 2.24) is 4.90 Å². The lowest BCUT2D eigenvalue weighted by Gasteiger charge is -2.44. The molecule has 1 aliphatic heterocycles. The third-order valence-corrected chi connectivity index (χ3v) is 4.46. The molecule has 1 aliphatic carbocycles. The standard InChI is InChI=1S/C16H23NO2/c1-12-6-7-15(18)13(10-12)11-17-8-9-19-16-5-3-2-4-14(16)17/h6-7,10,14,16,18H,2-5,8-9,11H2,1H3. The Morgan fingerprint density at radius 3 is 3.05 bits per heavy atom. The molecule has 19 heavy (non-hydrogen) atoms. The average Bonchev–Trinajstić information content (AvgIpc) is 2.43. The molecule has 3 rings (SSSR count). The summed E-state index contributed by atoms with van der Waals surface area (Å²) in [6.45, 7) is 4.73. The highest BCUT2D eigenvalue weighted by Crippen LogP contribution is 2.30. The zero-order valence-corrected chi connectivity index (χ0v) is 11.6. The summed E-state index contributed by atoms with van der Waals surface area (Å²) in [5.74, 6) is 0.421. The number of aromatic hydroxyl groups is 1. The van der Waals surface area contributed by atoms with Crippen molar-refractivity contribution >= 4 is 0 Å². The summed E-state index contributed by atoms with van der Waals surface area (Å²) < 4.78 is 5.90. The maximum atomic E-state index is 10.0. The second-order valence-electron chi connectivity index (χ2n) is 5.86. The van der Waals surface area contributed by atoms with E-state index in [1.54, 1.807) is 0 Å². The monoisotopic (exact) mass is 261 g/mol. The molecule has 1 aromatic rings. The molecule has 0 spiro atoms. The van der Waals surface area contributed by atoms with E-state index in [4.69, 9.17) is 4.74 Å². The topological polar surface area (TPSA) is 32.7 Å². The van der Waals surface area contributed by atoms with Gasteiger partial charge in [-0.05, 0) is 25.8 Å². The Labute approximate surface area is 115 Å². The number of phenolic OH excluding ortho intramolecular Hbond substituents is 1. The van der Waals surface area contributed by atoms with Crippen LogP contribution < -0.4 is 0 Å². The zero-order chi connectivity index (χ0) is 13.2. The highest BCUT2D eigenvalue weighted by Gasteiger charge is 2.34. The van der Waals surface area contributed by atoms with Crippen molar-refractivity contribution in [3.8, 4) is 5.75 Å². The van der Waals surface area contributed by atoms with Crippen LogP contribution in [0.1, 0.15) is 36.8 Å². The lowest BCUT2D eigenvalue weighted by atomic mass is 9.90. The fraction of sp³-hybridized carbons (Fsp3) is 0.625. The van der Waals surface area contributed by atoms with Crippen LogP contribution in [0, 0.1) is 6.92 Å². The fourth-order valence-corrected chi connectivity index (χ4v) is 3.43. The number of morpholine rings is 1. The minimum Gasteiger partial charge on any atom is -0.508 e. The van der Waals surface area contributed by atoms with E-state index in [0.717, 1.165) is 25.3 Å². The Bertz CT molecular complexity index is 444. The van der Waals surface area contributed by atoms with Crippen LogP contribution >= 0.6 is 0 Å². The van der Waals surface area contributed by atoms with Crippen molar-refractivity contribution < 1.29 is 9.84 Å². The first-order chi connectivity index (χ1) is 9.24. The number of nitrogens with zero attached hydrogens (tertiary/aromatic N) is 1. The Hall–Kier alpha value is -1.06. The van der Waals surface area contributed by atoms with Crippen LogP contribution in [-0.4, -0.2) is 35.3 Å². The largest absolute Gasteiger partial charge is 0.508 e. The molecule has 3 nitrogen and oxygen atoms in total. The molecule has 1 saturated heterocycles. The Kier molecular flexibility index (Phi) is 3.76. The molecule has 0 radical (unpaired) electrons. The van der Waals surface area contributed by atoms with Gasteiger partial charge in [0.2, 0.25) is 0 Å². The molecule has 2 unspecified atom stereocenters. The molecule has 0 aromatic heterocycles. The van der Waals surface area contributed by atoms with E-state index in [1.807, 2.05) is 12.1 Å². The Balaban J connectivity index is 1.75. The van der Waals surface area contributed by atoms with Crippen LogP contribution in [0.5, 0.6) is 5.75 Å². The van der Waals surface area contributed by atoms with E-state index >= 15 is 0 Å². The number of rotatable bonds is 2. The van der Waals surface area contributed by atoms with E-state index in [2.05, 4.69) is 17.9 Å². The first-order valence-electron chi connectivity index (χ1n) is 7.38. The van der Waals surface area contributed by atoms with Crippen molar-refractivity contribution in [3.63, 3.8) is 0 Å². The highest BCUT2D eigenvalue weighted by atomic mass is 16.5. The molecular weight excluding hydrogens is 238 g/mol. The number of benzene rings is 1. The van der Waals surface area contributed by atoms with E-state index in [9.17, 15) is 5.11 Å². The summed E-state index contributed by atoms with van der Waals surface area (Å²) in [4.78, 5) is 2.50. The smallest absolute Gasteiger partial charge is 0.120 e. The maximum absolute atomic E-state index is 10.0. The van der Waals surface area contributed by atoms with Crippen LogP contribution in [-0.2, 0) is 11.3 Å². The van der Waals surface area contributed by atoms with Gasteiger partial charge in [0.15, 0.2) is 0 Å². The average molecular weight is 261 g/mol. The van der Waals surface area contributed by atoms with Gasteiger partial charge in [-0.3, -0.25) is 4.90 Å². The molecule has 0 amide bonds. The number of hydrogen-bond donors (Lipinski definition) is 1. The molecule has 1 aromatic carbocycles. The number of hydrogen-bond acceptors (Lipinski definition) is 3. The number of aryl methyl sites for hydroxylation is 1. The summed E-state index contributed by atoms with van der Waals surface area (Å²) in [5, 5.41) is 10.0. The SMILES string of the molecule is Cc1ccc(O)c(CN2CCOC3CCCCC32)c1. The number of phenols is 1. The van der Waals surface area contributed by atoms with Crippen molar-refractivity contribution in [2.75, 3.05) is 13.2 Å². The minimum absolute atomic E-state index is 0.412. The predicted molar refractivity (Wildman–Crippen MR) is 75.2 cm³/mol.